The van der Waals surface area contributed by atoms with E-state index in [2.05, 4.69) is 5.32 Å². The van der Waals surface area contributed by atoms with Crippen LogP contribution >= 0.6 is 0 Å². The van der Waals surface area contributed by atoms with Crippen molar-refractivity contribution >= 4 is 23.3 Å². The van der Waals surface area contributed by atoms with Crippen LogP contribution in [0, 0.1) is 10.1 Å². The third-order valence-electron chi connectivity index (χ3n) is 4.23. The number of carbonyl (C=O) groups excluding carboxylic acids is 3. The minimum atomic E-state index is -1.06. The molecule has 10 nitrogen and oxygen atoms in total. The second-order valence-electron chi connectivity index (χ2n) is 6.39. The molecule has 1 N–H and O–H groups in total. The number of esters is 1. The van der Waals surface area contributed by atoms with E-state index in [9.17, 15) is 24.5 Å². The van der Waals surface area contributed by atoms with E-state index in [1.807, 2.05) is 0 Å². The normalized spacial score (nSPS) is 13.1. The number of benzene rings is 2. The molecule has 1 aliphatic heterocycles. The third kappa shape index (κ3) is 4.90. The van der Waals surface area contributed by atoms with E-state index in [1.54, 1.807) is 6.07 Å². The number of ether oxygens (including phenoxy) is 3. The number of amides is 1. The fourth-order valence-corrected chi connectivity index (χ4v) is 2.66. The minimum absolute atomic E-state index is 0.0243. The van der Waals surface area contributed by atoms with Crippen LogP contribution in [0.15, 0.2) is 42.5 Å². The monoisotopic (exact) mass is 414 g/mol. The fraction of sp³-hybridized carbons (Fsp3) is 0.250. The zero-order valence-electron chi connectivity index (χ0n) is 16.0. The number of carbonyl (C=O) groups is 3. The van der Waals surface area contributed by atoms with Gasteiger partial charge in [0.05, 0.1) is 4.92 Å². The van der Waals surface area contributed by atoms with Crippen LogP contribution in [0.25, 0.3) is 0 Å². The molecule has 156 valence electrons. The molecule has 0 saturated carbocycles. The quantitative estimate of drug-likeness (QED) is 0.314. The van der Waals surface area contributed by atoms with Gasteiger partial charge in [0.2, 0.25) is 0 Å². The fourth-order valence-electron chi connectivity index (χ4n) is 2.66. The van der Waals surface area contributed by atoms with Gasteiger partial charge in [0.1, 0.15) is 19.3 Å². The van der Waals surface area contributed by atoms with E-state index in [1.165, 1.54) is 37.3 Å². The lowest BCUT2D eigenvalue weighted by Crippen LogP contribution is -2.40. The van der Waals surface area contributed by atoms with Gasteiger partial charge < -0.3 is 19.5 Å². The highest BCUT2D eigenvalue weighted by atomic mass is 16.6. The molecule has 2 aromatic rings. The van der Waals surface area contributed by atoms with Gasteiger partial charge in [-0.15, -0.1) is 0 Å². The van der Waals surface area contributed by atoms with E-state index in [-0.39, 0.29) is 11.3 Å². The molecule has 0 aromatic heterocycles. The molecule has 1 amide bonds. The van der Waals surface area contributed by atoms with Crippen LogP contribution in [0.5, 0.6) is 11.5 Å². The van der Waals surface area contributed by atoms with Crippen molar-refractivity contribution in [1.82, 2.24) is 5.32 Å². The average Bonchev–Trinajstić information content (AvgIpc) is 2.76. The summed E-state index contributed by atoms with van der Waals surface area (Å²) in [6, 6.07) is 8.68. The third-order valence-corrected chi connectivity index (χ3v) is 4.23. The van der Waals surface area contributed by atoms with Gasteiger partial charge in [-0.25, -0.2) is 4.79 Å². The van der Waals surface area contributed by atoms with Gasteiger partial charge in [0, 0.05) is 23.3 Å². The molecule has 0 radical (unpaired) electrons. The van der Waals surface area contributed by atoms with Crippen molar-refractivity contribution in [1.29, 1.82) is 0 Å². The van der Waals surface area contributed by atoms with Crippen LogP contribution in [-0.4, -0.2) is 48.4 Å². The Bertz CT molecular complexity index is 1000. The second-order valence-corrected chi connectivity index (χ2v) is 6.39. The molecule has 2 aromatic carbocycles. The Kier molecular flexibility index (Phi) is 6.26. The number of Topliss-reactive ketones (excluding diaryl/α,β-unsaturated/α-hetero) is 1. The SMILES string of the molecule is C[C@H](NC(=O)c1cccc([N+](=O)[O-])c1)C(=O)OCC(=O)c1ccc2c(c1)OCCO2. The summed E-state index contributed by atoms with van der Waals surface area (Å²) in [6.45, 7) is 1.67. The van der Waals surface area contributed by atoms with Crippen LogP contribution in [0.4, 0.5) is 5.69 Å². The average molecular weight is 414 g/mol. The van der Waals surface area contributed by atoms with Crippen molar-refractivity contribution in [2.45, 2.75) is 13.0 Å². The highest BCUT2D eigenvalue weighted by Gasteiger charge is 2.21. The summed E-state index contributed by atoms with van der Waals surface area (Å²) >= 11 is 0. The Hall–Kier alpha value is -3.95. The molecule has 0 saturated heterocycles. The number of nitrogens with zero attached hydrogens (tertiary/aromatic N) is 1. The molecule has 0 unspecified atom stereocenters. The Morgan fingerprint density at radius 2 is 1.83 bits per heavy atom. The van der Waals surface area contributed by atoms with Gasteiger partial charge in [0.25, 0.3) is 11.6 Å². The van der Waals surface area contributed by atoms with Crippen molar-refractivity contribution in [3.05, 3.63) is 63.7 Å². The minimum Gasteiger partial charge on any atom is -0.486 e. The van der Waals surface area contributed by atoms with Crippen LogP contribution < -0.4 is 14.8 Å². The van der Waals surface area contributed by atoms with E-state index >= 15 is 0 Å². The number of hydrogen-bond donors (Lipinski definition) is 1. The summed E-state index contributed by atoms with van der Waals surface area (Å²) in [5, 5.41) is 13.2. The van der Waals surface area contributed by atoms with Crippen LogP contribution in [0.2, 0.25) is 0 Å². The van der Waals surface area contributed by atoms with Crippen molar-refractivity contribution in [3.8, 4) is 11.5 Å². The van der Waals surface area contributed by atoms with E-state index in [0.29, 0.717) is 30.3 Å². The van der Waals surface area contributed by atoms with Crippen molar-refractivity contribution < 1.29 is 33.5 Å². The molecular weight excluding hydrogens is 396 g/mol. The lowest BCUT2D eigenvalue weighted by molar-refractivity contribution is -0.384. The molecular formula is C20H18N2O8. The largest absolute Gasteiger partial charge is 0.486 e. The number of nitrogens with one attached hydrogen (secondary N) is 1. The Morgan fingerprint density at radius 3 is 2.57 bits per heavy atom. The number of nitro groups is 1. The maximum Gasteiger partial charge on any atom is 0.328 e. The summed E-state index contributed by atoms with van der Waals surface area (Å²) in [7, 11) is 0. The number of hydrogen-bond acceptors (Lipinski definition) is 8. The van der Waals surface area contributed by atoms with Gasteiger partial charge in [-0.05, 0) is 31.2 Å². The van der Waals surface area contributed by atoms with Crippen molar-refractivity contribution in [3.63, 3.8) is 0 Å². The summed E-state index contributed by atoms with van der Waals surface area (Å²) in [4.78, 5) is 46.8. The van der Waals surface area contributed by atoms with Gasteiger partial charge in [-0.2, -0.15) is 0 Å². The molecule has 0 aliphatic carbocycles. The molecule has 0 spiro atoms. The number of rotatable bonds is 7. The molecule has 3 rings (SSSR count). The zero-order chi connectivity index (χ0) is 21.7. The topological polar surface area (TPSA) is 134 Å². The molecule has 0 bridgehead atoms. The molecule has 10 heteroatoms. The highest BCUT2D eigenvalue weighted by Crippen LogP contribution is 2.30. The lowest BCUT2D eigenvalue weighted by Gasteiger charge is -2.18. The second kappa shape index (κ2) is 9.03. The first-order valence-electron chi connectivity index (χ1n) is 9.00. The predicted molar refractivity (Wildman–Crippen MR) is 103 cm³/mol. The molecule has 1 atom stereocenters. The first-order chi connectivity index (χ1) is 14.3. The van der Waals surface area contributed by atoms with Gasteiger partial charge >= 0.3 is 5.97 Å². The van der Waals surface area contributed by atoms with Crippen molar-refractivity contribution in [2.75, 3.05) is 19.8 Å². The van der Waals surface area contributed by atoms with E-state index in [4.69, 9.17) is 14.2 Å². The van der Waals surface area contributed by atoms with Crippen molar-refractivity contribution in [2.24, 2.45) is 0 Å². The Balaban J connectivity index is 1.54. The summed E-state index contributed by atoms with van der Waals surface area (Å²) in [5.74, 6) is -0.971. The van der Waals surface area contributed by atoms with Gasteiger partial charge in [-0.1, -0.05) is 6.07 Å². The summed E-state index contributed by atoms with van der Waals surface area (Å²) < 4.78 is 15.8. The van der Waals surface area contributed by atoms with Gasteiger partial charge in [-0.3, -0.25) is 19.7 Å². The number of nitro benzene ring substituents is 1. The first-order valence-corrected chi connectivity index (χ1v) is 9.00. The maximum atomic E-state index is 12.3. The maximum absolute atomic E-state index is 12.3. The van der Waals surface area contributed by atoms with Gasteiger partial charge in [0.15, 0.2) is 23.9 Å². The first kappa shape index (κ1) is 20.8. The predicted octanol–water partition coefficient (Wildman–Crippen LogP) is 1.91. The molecule has 0 fully saturated rings. The summed E-state index contributed by atoms with van der Waals surface area (Å²) in [5.41, 5.74) is 0.0689. The number of non-ortho nitro benzene ring substituents is 1. The standard InChI is InChI=1S/C20H18N2O8/c1-12(21-19(24)14-3-2-4-15(9-14)22(26)27)20(25)30-11-16(23)13-5-6-17-18(10-13)29-8-7-28-17/h2-6,9-10,12H,7-8,11H2,1H3,(H,21,24)/t12-/m0/s1. The Morgan fingerprint density at radius 1 is 1.10 bits per heavy atom. The number of fused-ring (bicyclic) bond motifs is 1. The van der Waals surface area contributed by atoms with Crippen LogP contribution in [0.3, 0.4) is 0 Å². The number of ketones is 1. The molecule has 1 heterocycles. The lowest BCUT2D eigenvalue weighted by atomic mass is 10.1. The Labute approximate surface area is 170 Å². The summed E-state index contributed by atoms with van der Waals surface area (Å²) in [6.07, 6.45) is 0. The van der Waals surface area contributed by atoms with Crippen LogP contribution in [-0.2, 0) is 9.53 Å². The van der Waals surface area contributed by atoms with E-state index in [0.717, 1.165) is 6.07 Å². The van der Waals surface area contributed by atoms with Crippen LogP contribution in [0.1, 0.15) is 27.6 Å². The zero-order valence-corrected chi connectivity index (χ0v) is 16.0. The molecule has 1 aliphatic rings. The van der Waals surface area contributed by atoms with E-state index < -0.39 is 35.2 Å². The molecule has 30 heavy (non-hydrogen) atoms. The smallest absolute Gasteiger partial charge is 0.328 e. The highest BCUT2D eigenvalue weighted by molar-refractivity contribution is 5.99.